The molecule has 1 N–H and O–H groups in total. The van der Waals surface area contributed by atoms with Gasteiger partial charge in [0.25, 0.3) is 0 Å². The smallest absolute Gasteiger partial charge is 0.243 e. The number of hydrogen-bond acceptors (Lipinski definition) is 4. The van der Waals surface area contributed by atoms with Crippen LogP contribution in [-0.2, 0) is 21.4 Å². The number of benzene rings is 3. The summed E-state index contributed by atoms with van der Waals surface area (Å²) in [5.41, 5.74) is 1.70. The van der Waals surface area contributed by atoms with E-state index in [0.29, 0.717) is 0 Å². The first-order chi connectivity index (χ1) is 14.9. The maximum atomic E-state index is 13.2. The Balaban J connectivity index is 1.78. The van der Waals surface area contributed by atoms with Gasteiger partial charge in [0, 0.05) is 6.54 Å². The van der Waals surface area contributed by atoms with Crippen LogP contribution in [0, 0.1) is 0 Å². The summed E-state index contributed by atoms with van der Waals surface area (Å²) in [5.74, 6) is 0.351. The summed E-state index contributed by atoms with van der Waals surface area (Å²) in [6.45, 7) is 1.67. The second-order valence-corrected chi connectivity index (χ2v) is 9.07. The van der Waals surface area contributed by atoms with Crippen LogP contribution in [0.5, 0.6) is 5.75 Å². The molecular weight excluding hydrogens is 412 g/mol. The van der Waals surface area contributed by atoms with Crippen LogP contribution in [-0.4, -0.2) is 32.3 Å². The maximum absolute atomic E-state index is 13.2. The first-order valence-corrected chi connectivity index (χ1v) is 11.4. The monoisotopic (exact) mass is 438 g/mol. The van der Waals surface area contributed by atoms with Gasteiger partial charge in [-0.05, 0) is 42.3 Å². The highest BCUT2D eigenvalue weighted by Crippen LogP contribution is 2.20. The lowest BCUT2D eigenvalue weighted by atomic mass is 10.1. The zero-order valence-corrected chi connectivity index (χ0v) is 18.4. The highest BCUT2D eigenvalue weighted by molar-refractivity contribution is 7.89. The van der Waals surface area contributed by atoms with Crippen molar-refractivity contribution in [3.63, 3.8) is 0 Å². The second kappa shape index (κ2) is 10.2. The van der Waals surface area contributed by atoms with Crippen molar-refractivity contribution in [1.29, 1.82) is 0 Å². The molecule has 162 valence electrons. The molecule has 0 aromatic heterocycles. The molecule has 1 amide bonds. The average molecular weight is 439 g/mol. The van der Waals surface area contributed by atoms with Crippen LogP contribution in [0.15, 0.2) is 89.8 Å². The van der Waals surface area contributed by atoms with Crippen molar-refractivity contribution in [3.8, 4) is 5.75 Å². The molecule has 0 heterocycles. The molecule has 3 aromatic rings. The SMILES string of the molecule is COc1ccc([C@H](C)NC(=O)CN(Cc2ccccc2)S(=O)(=O)c2ccccc2)cc1. The van der Waals surface area contributed by atoms with Crippen molar-refractivity contribution < 1.29 is 17.9 Å². The summed E-state index contributed by atoms with van der Waals surface area (Å²) in [5, 5.41) is 2.89. The molecule has 3 rings (SSSR count). The number of hydrogen-bond donors (Lipinski definition) is 1. The summed E-state index contributed by atoms with van der Waals surface area (Å²) < 4.78 is 32.8. The molecule has 0 spiro atoms. The van der Waals surface area contributed by atoms with Gasteiger partial charge in [0.2, 0.25) is 15.9 Å². The normalized spacial score (nSPS) is 12.4. The molecule has 1 atom stereocenters. The van der Waals surface area contributed by atoms with Crippen molar-refractivity contribution in [1.82, 2.24) is 9.62 Å². The highest BCUT2D eigenvalue weighted by Gasteiger charge is 2.27. The quantitative estimate of drug-likeness (QED) is 0.552. The molecule has 6 nitrogen and oxygen atoms in total. The predicted molar refractivity (Wildman–Crippen MR) is 120 cm³/mol. The van der Waals surface area contributed by atoms with Crippen LogP contribution in [0.3, 0.4) is 0 Å². The Morgan fingerprint density at radius 1 is 0.935 bits per heavy atom. The Hall–Kier alpha value is -3.16. The number of sulfonamides is 1. The number of methoxy groups -OCH3 is 1. The van der Waals surface area contributed by atoms with E-state index >= 15 is 0 Å². The Morgan fingerprint density at radius 3 is 2.10 bits per heavy atom. The van der Waals surface area contributed by atoms with E-state index in [1.54, 1.807) is 25.3 Å². The van der Waals surface area contributed by atoms with Crippen molar-refractivity contribution in [2.24, 2.45) is 0 Å². The summed E-state index contributed by atoms with van der Waals surface area (Å²) in [4.78, 5) is 12.9. The third-order valence-electron chi connectivity index (χ3n) is 4.90. The van der Waals surface area contributed by atoms with Crippen LogP contribution in [0.4, 0.5) is 0 Å². The Bertz CT molecular complexity index is 1090. The van der Waals surface area contributed by atoms with Gasteiger partial charge in [0.05, 0.1) is 24.6 Å². The van der Waals surface area contributed by atoms with E-state index in [4.69, 9.17) is 4.74 Å². The first kappa shape index (κ1) is 22.5. The largest absolute Gasteiger partial charge is 0.497 e. The van der Waals surface area contributed by atoms with E-state index in [2.05, 4.69) is 5.32 Å². The van der Waals surface area contributed by atoms with Crippen molar-refractivity contribution >= 4 is 15.9 Å². The minimum Gasteiger partial charge on any atom is -0.497 e. The van der Waals surface area contributed by atoms with Crippen LogP contribution in [0.1, 0.15) is 24.1 Å². The number of rotatable bonds is 9. The molecule has 0 aliphatic heterocycles. The fourth-order valence-corrected chi connectivity index (χ4v) is 4.58. The third kappa shape index (κ3) is 5.93. The molecule has 0 radical (unpaired) electrons. The van der Waals surface area contributed by atoms with E-state index in [9.17, 15) is 13.2 Å². The van der Waals surface area contributed by atoms with Gasteiger partial charge in [-0.2, -0.15) is 4.31 Å². The van der Waals surface area contributed by atoms with Crippen molar-refractivity contribution in [2.75, 3.05) is 13.7 Å². The molecule has 0 aliphatic carbocycles. The number of carbonyl (C=O) groups excluding carboxylic acids is 1. The fourth-order valence-electron chi connectivity index (χ4n) is 3.18. The summed E-state index contributed by atoms with van der Waals surface area (Å²) in [6.07, 6.45) is 0. The van der Waals surface area contributed by atoms with Gasteiger partial charge in [-0.1, -0.05) is 60.7 Å². The molecule has 0 bridgehead atoms. The van der Waals surface area contributed by atoms with Crippen LogP contribution >= 0.6 is 0 Å². The van der Waals surface area contributed by atoms with E-state index < -0.39 is 10.0 Å². The van der Waals surface area contributed by atoms with Crippen LogP contribution in [0.2, 0.25) is 0 Å². The number of carbonyl (C=O) groups is 1. The van der Waals surface area contributed by atoms with E-state index in [1.165, 1.54) is 16.4 Å². The topological polar surface area (TPSA) is 75.7 Å². The molecule has 0 saturated carbocycles. The summed E-state index contributed by atoms with van der Waals surface area (Å²) in [6, 6.07) is 24.5. The third-order valence-corrected chi connectivity index (χ3v) is 6.70. The standard InChI is InChI=1S/C24H26N2O4S/c1-19(21-13-15-22(30-2)16-14-21)25-24(27)18-26(17-20-9-5-3-6-10-20)31(28,29)23-11-7-4-8-12-23/h3-16,19H,17-18H2,1-2H3,(H,25,27)/t19-/m0/s1. The molecule has 0 aliphatic rings. The summed E-state index contributed by atoms with van der Waals surface area (Å²) in [7, 11) is -2.26. The van der Waals surface area contributed by atoms with Gasteiger partial charge in [0.15, 0.2) is 0 Å². The van der Waals surface area contributed by atoms with Gasteiger partial charge < -0.3 is 10.1 Å². The maximum Gasteiger partial charge on any atom is 0.243 e. The van der Waals surface area contributed by atoms with Gasteiger partial charge in [-0.25, -0.2) is 8.42 Å². The van der Waals surface area contributed by atoms with Crippen LogP contribution < -0.4 is 10.1 Å². The average Bonchev–Trinajstić information content (AvgIpc) is 2.80. The lowest BCUT2D eigenvalue weighted by Gasteiger charge is -2.23. The number of ether oxygens (including phenoxy) is 1. The molecule has 3 aromatic carbocycles. The molecule has 0 unspecified atom stereocenters. The zero-order valence-electron chi connectivity index (χ0n) is 17.6. The van der Waals surface area contributed by atoms with Gasteiger partial charge in [-0.15, -0.1) is 0 Å². The molecule has 31 heavy (non-hydrogen) atoms. The Kier molecular flexibility index (Phi) is 7.44. The molecule has 7 heteroatoms. The van der Waals surface area contributed by atoms with E-state index in [-0.39, 0.29) is 29.9 Å². The number of nitrogens with one attached hydrogen (secondary N) is 1. The van der Waals surface area contributed by atoms with Gasteiger partial charge in [-0.3, -0.25) is 4.79 Å². The van der Waals surface area contributed by atoms with Crippen molar-refractivity contribution in [2.45, 2.75) is 24.4 Å². The molecule has 0 saturated heterocycles. The minimum atomic E-state index is -3.85. The lowest BCUT2D eigenvalue weighted by Crippen LogP contribution is -2.41. The van der Waals surface area contributed by atoms with E-state index in [1.807, 2.05) is 61.5 Å². The minimum absolute atomic E-state index is 0.0996. The van der Waals surface area contributed by atoms with E-state index in [0.717, 1.165) is 16.9 Å². The van der Waals surface area contributed by atoms with Crippen LogP contribution in [0.25, 0.3) is 0 Å². The fraction of sp³-hybridized carbons (Fsp3) is 0.208. The van der Waals surface area contributed by atoms with Gasteiger partial charge >= 0.3 is 0 Å². The zero-order chi connectivity index (χ0) is 22.3. The second-order valence-electron chi connectivity index (χ2n) is 7.13. The Morgan fingerprint density at radius 2 is 1.52 bits per heavy atom. The number of nitrogens with zero attached hydrogens (tertiary/aromatic N) is 1. The Labute approximate surface area is 183 Å². The molecular formula is C24H26N2O4S. The summed E-state index contributed by atoms with van der Waals surface area (Å²) >= 11 is 0. The highest BCUT2D eigenvalue weighted by atomic mass is 32.2. The van der Waals surface area contributed by atoms with Gasteiger partial charge in [0.1, 0.15) is 5.75 Å². The first-order valence-electron chi connectivity index (χ1n) is 9.92. The number of amides is 1. The predicted octanol–water partition coefficient (Wildman–Crippen LogP) is 3.76. The lowest BCUT2D eigenvalue weighted by molar-refractivity contribution is -0.122. The molecule has 0 fully saturated rings. The van der Waals surface area contributed by atoms with Crippen molar-refractivity contribution in [3.05, 3.63) is 96.1 Å².